The van der Waals surface area contributed by atoms with E-state index in [1.54, 1.807) is 37.3 Å². The van der Waals surface area contributed by atoms with Crippen LogP contribution < -0.4 is 14.8 Å². The van der Waals surface area contributed by atoms with Crippen LogP contribution in [0.15, 0.2) is 48.5 Å². The van der Waals surface area contributed by atoms with Gasteiger partial charge >= 0.3 is 0 Å². The molecule has 0 spiro atoms. The third kappa shape index (κ3) is 4.70. The molecule has 2 rings (SSSR count). The zero-order chi connectivity index (χ0) is 17.5. The second kappa shape index (κ2) is 7.96. The summed E-state index contributed by atoms with van der Waals surface area (Å²) in [7, 11) is 0. The van der Waals surface area contributed by atoms with Gasteiger partial charge in [0.2, 0.25) is 0 Å². The van der Waals surface area contributed by atoms with E-state index in [1.165, 1.54) is 18.2 Å². The van der Waals surface area contributed by atoms with Crippen LogP contribution >= 0.6 is 0 Å². The SMILES string of the molecule is CCOc1ccc(NC(=O)[C@@H](C)Oc2cccc([N+](=O)[O-])c2)cc1. The van der Waals surface area contributed by atoms with Crippen LogP contribution in [0.1, 0.15) is 13.8 Å². The van der Waals surface area contributed by atoms with Crippen molar-refractivity contribution in [1.29, 1.82) is 0 Å². The highest BCUT2D eigenvalue weighted by Crippen LogP contribution is 2.21. The van der Waals surface area contributed by atoms with Crippen LogP contribution in [0.25, 0.3) is 0 Å². The zero-order valence-electron chi connectivity index (χ0n) is 13.4. The number of carbonyl (C=O) groups excluding carboxylic acids is 1. The van der Waals surface area contributed by atoms with Gasteiger partial charge in [0.05, 0.1) is 17.6 Å². The number of nitrogens with one attached hydrogen (secondary N) is 1. The summed E-state index contributed by atoms with van der Waals surface area (Å²) in [6.07, 6.45) is -0.807. The molecule has 126 valence electrons. The topological polar surface area (TPSA) is 90.7 Å². The Labute approximate surface area is 139 Å². The molecule has 7 heteroatoms. The molecule has 0 radical (unpaired) electrons. The van der Waals surface area contributed by atoms with Crippen molar-refractivity contribution in [3.05, 3.63) is 58.6 Å². The van der Waals surface area contributed by atoms with Crippen molar-refractivity contribution in [1.82, 2.24) is 0 Å². The van der Waals surface area contributed by atoms with Gasteiger partial charge in [0.25, 0.3) is 11.6 Å². The van der Waals surface area contributed by atoms with Gasteiger partial charge in [-0.05, 0) is 44.2 Å². The first kappa shape index (κ1) is 17.3. The van der Waals surface area contributed by atoms with Gasteiger partial charge in [-0.15, -0.1) is 0 Å². The van der Waals surface area contributed by atoms with E-state index >= 15 is 0 Å². The number of nitro benzene ring substituents is 1. The lowest BCUT2D eigenvalue weighted by Crippen LogP contribution is -2.30. The molecule has 0 aliphatic heterocycles. The summed E-state index contributed by atoms with van der Waals surface area (Å²) in [5.41, 5.74) is 0.518. The van der Waals surface area contributed by atoms with Crippen LogP contribution in [0.2, 0.25) is 0 Å². The van der Waals surface area contributed by atoms with Crippen LogP contribution in [0.3, 0.4) is 0 Å². The van der Waals surface area contributed by atoms with Gasteiger partial charge in [0.15, 0.2) is 6.10 Å². The molecule has 2 aromatic rings. The monoisotopic (exact) mass is 330 g/mol. The van der Waals surface area contributed by atoms with Crippen molar-refractivity contribution < 1.29 is 19.2 Å². The summed E-state index contributed by atoms with van der Waals surface area (Å²) in [5, 5.41) is 13.5. The summed E-state index contributed by atoms with van der Waals surface area (Å²) < 4.78 is 10.8. The lowest BCUT2D eigenvalue weighted by molar-refractivity contribution is -0.384. The van der Waals surface area contributed by atoms with E-state index in [0.29, 0.717) is 12.3 Å². The Morgan fingerprint density at radius 3 is 2.54 bits per heavy atom. The van der Waals surface area contributed by atoms with E-state index in [9.17, 15) is 14.9 Å². The molecular formula is C17H18N2O5. The van der Waals surface area contributed by atoms with Crippen molar-refractivity contribution in [2.45, 2.75) is 20.0 Å². The molecular weight excluding hydrogens is 312 g/mol. The van der Waals surface area contributed by atoms with Crippen molar-refractivity contribution in [2.24, 2.45) is 0 Å². The highest BCUT2D eigenvalue weighted by molar-refractivity contribution is 5.94. The standard InChI is InChI=1S/C17H18N2O5/c1-3-23-15-9-7-13(8-10-15)18-17(20)12(2)24-16-6-4-5-14(11-16)19(21)22/h4-12H,3H2,1-2H3,(H,18,20)/t12-/m1/s1. The van der Waals surface area contributed by atoms with E-state index in [1.807, 2.05) is 6.92 Å². The number of carbonyl (C=O) groups is 1. The number of benzene rings is 2. The molecule has 1 N–H and O–H groups in total. The number of ether oxygens (including phenoxy) is 2. The van der Waals surface area contributed by atoms with Crippen molar-refractivity contribution in [3.8, 4) is 11.5 Å². The van der Waals surface area contributed by atoms with Crippen LogP contribution in [0.5, 0.6) is 11.5 Å². The van der Waals surface area contributed by atoms with Gasteiger partial charge in [-0.1, -0.05) is 6.07 Å². The minimum absolute atomic E-state index is 0.0911. The highest BCUT2D eigenvalue weighted by Gasteiger charge is 2.16. The number of nitrogens with zero attached hydrogens (tertiary/aromatic N) is 1. The maximum absolute atomic E-state index is 12.1. The summed E-state index contributed by atoms with van der Waals surface area (Å²) in [4.78, 5) is 22.4. The maximum Gasteiger partial charge on any atom is 0.273 e. The summed E-state index contributed by atoms with van der Waals surface area (Å²) in [5.74, 6) is 0.626. The number of hydrogen-bond donors (Lipinski definition) is 1. The summed E-state index contributed by atoms with van der Waals surface area (Å²) in [6.45, 7) is 4.03. The lowest BCUT2D eigenvalue weighted by Gasteiger charge is -2.15. The predicted octanol–water partition coefficient (Wildman–Crippen LogP) is 3.40. The van der Waals surface area contributed by atoms with Gasteiger partial charge in [-0.25, -0.2) is 0 Å². The second-order valence-corrected chi connectivity index (χ2v) is 4.96. The fourth-order valence-electron chi connectivity index (χ4n) is 1.97. The smallest absolute Gasteiger partial charge is 0.273 e. The van der Waals surface area contributed by atoms with Gasteiger partial charge in [0.1, 0.15) is 11.5 Å². The molecule has 0 heterocycles. The maximum atomic E-state index is 12.1. The molecule has 1 atom stereocenters. The normalized spacial score (nSPS) is 11.4. The number of non-ortho nitro benzene ring substituents is 1. The Morgan fingerprint density at radius 1 is 1.21 bits per heavy atom. The second-order valence-electron chi connectivity index (χ2n) is 4.96. The fraction of sp³-hybridized carbons (Fsp3) is 0.235. The molecule has 0 saturated carbocycles. The molecule has 0 aliphatic rings. The largest absolute Gasteiger partial charge is 0.494 e. The van der Waals surface area contributed by atoms with Gasteiger partial charge in [-0.3, -0.25) is 14.9 Å². The zero-order valence-corrected chi connectivity index (χ0v) is 13.4. The number of amides is 1. The van der Waals surface area contributed by atoms with Crippen LogP contribution in [0.4, 0.5) is 11.4 Å². The fourth-order valence-corrected chi connectivity index (χ4v) is 1.97. The van der Waals surface area contributed by atoms with Crippen LogP contribution in [-0.2, 0) is 4.79 Å². The van der Waals surface area contributed by atoms with Gasteiger partial charge in [-0.2, -0.15) is 0 Å². The Morgan fingerprint density at radius 2 is 1.92 bits per heavy atom. The average molecular weight is 330 g/mol. The first-order chi connectivity index (χ1) is 11.5. The van der Waals surface area contributed by atoms with Crippen molar-refractivity contribution in [2.75, 3.05) is 11.9 Å². The predicted molar refractivity (Wildman–Crippen MR) is 89.4 cm³/mol. The number of hydrogen-bond acceptors (Lipinski definition) is 5. The van der Waals surface area contributed by atoms with Crippen molar-refractivity contribution in [3.63, 3.8) is 0 Å². The molecule has 0 aliphatic carbocycles. The Hall–Kier alpha value is -3.09. The molecule has 0 unspecified atom stereocenters. The molecule has 0 aromatic heterocycles. The molecule has 7 nitrogen and oxygen atoms in total. The van der Waals surface area contributed by atoms with Gasteiger partial charge in [0, 0.05) is 11.8 Å². The first-order valence-corrected chi connectivity index (χ1v) is 7.44. The minimum Gasteiger partial charge on any atom is -0.494 e. The molecule has 0 bridgehead atoms. The van der Waals surface area contributed by atoms with Crippen LogP contribution in [-0.4, -0.2) is 23.5 Å². The minimum atomic E-state index is -0.807. The molecule has 24 heavy (non-hydrogen) atoms. The van der Waals surface area contributed by atoms with E-state index in [0.717, 1.165) is 5.75 Å². The Balaban J connectivity index is 1.96. The Bertz CT molecular complexity index is 715. The molecule has 1 amide bonds. The van der Waals surface area contributed by atoms with E-state index in [4.69, 9.17) is 9.47 Å². The lowest BCUT2D eigenvalue weighted by atomic mass is 10.2. The van der Waals surface area contributed by atoms with Crippen molar-refractivity contribution >= 4 is 17.3 Å². The van der Waals surface area contributed by atoms with Gasteiger partial charge < -0.3 is 14.8 Å². The van der Waals surface area contributed by atoms with E-state index in [-0.39, 0.29) is 17.3 Å². The molecule has 0 saturated heterocycles. The Kier molecular flexibility index (Phi) is 5.73. The number of anilines is 1. The van der Waals surface area contributed by atoms with Crippen LogP contribution in [0, 0.1) is 10.1 Å². The average Bonchev–Trinajstić information content (AvgIpc) is 2.57. The summed E-state index contributed by atoms with van der Waals surface area (Å²) >= 11 is 0. The highest BCUT2D eigenvalue weighted by atomic mass is 16.6. The third-order valence-electron chi connectivity index (χ3n) is 3.14. The van der Waals surface area contributed by atoms with E-state index < -0.39 is 11.0 Å². The summed E-state index contributed by atoms with van der Waals surface area (Å²) in [6, 6.07) is 12.7. The third-order valence-corrected chi connectivity index (χ3v) is 3.14. The molecule has 0 fully saturated rings. The number of nitro groups is 1. The van der Waals surface area contributed by atoms with E-state index in [2.05, 4.69) is 5.32 Å². The quantitative estimate of drug-likeness (QED) is 0.620. The first-order valence-electron chi connectivity index (χ1n) is 7.44. The molecule has 2 aromatic carbocycles. The number of rotatable bonds is 7.